The van der Waals surface area contributed by atoms with Crippen molar-refractivity contribution in [1.82, 2.24) is 9.55 Å². The number of fused-ring (bicyclic) bond motifs is 1. The van der Waals surface area contributed by atoms with Crippen LogP contribution in [0.15, 0.2) is 18.2 Å². The van der Waals surface area contributed by atoms with Crippen molar-refractivity contribution in [3.63, 3.8) is 0 Å². The van der Waals surface area contributed by atoms with Crippen LogP contribution in [0.2, 0.25) is 0 Å². The predicted octanol–water partition coefficient (Wildman–Crippen LogP) is 3.35. The van der Waals surface area contributed by atoms with Gasteiger partial charge < -0.3 is 4.57 Å². The van der Waals surface area contributed by atoms with Crippen LogP contribution in [0, 0.1) is 23.2 Å². The number of imidazole rings is 1. The van der Waals surface area contributed by atoms with Crippen LogP contribution in [0.1, 0.15) is 24.7 Å². The summed E-state index contributed by atoms with van der Waals surface area (Å²) < 4.78 is 2.26. The lowest BCUT2D eigenvalue weighted by atomic mass is 10.2. The Kier molecular flexibility index (Phi) is 3.20. The zero-order valence-electron chi connectivity index (χ0n) is 10.9. The maximum absolute atomic E-state index is 9.18. The van der Waals surface area contributed by atoms with Crippen molar-refractivity contribution in [1.29, 1.82) is 5.26 Å². The van der Waals surface area contributed by atoms with E-state index in [1.54, 1.807) is 0 Å². The number of benzene rings is 1. The topological polar surface area (TPSA) is 41.6 Å². The Bertz CT molecular complexity index is 653. The van der Waals surface area contributed by atoms with Gasteiger partial charge in [0.1, 0.15) is 17.4 Å². The molecule has 0 N–H and O–H groups in total. The molecule has 0 bridgehead atoms. The number of hydrogen-bond donors (Lipinski definition) is 0. The number of para-hydroxylation sites is 1. The fourth-order valence-corrected chi connectivity index (χ4v) is 2.82. The molecule has 4 heteroatoms. The van der Waals surface area contributed by atoms with Crippen LogP contribution in [0.4, 0.5) is 0 Å². The lowest BCUT2D eigenvalue weighted by molar-refractivity contribution is 0.585. The lowest BCUT2D eigenvalue weighted by Crippen LogP contribution is -2.06. The number of hydrogen-bond acceptors (Lipinski definition) is 2. The summed E-state index contributed by atoms with van der Waals surface area (Å²) >= 11 is 5.87. The largest absolute Gasteiger partial charge is 0.328 e. The Hall–Kier alpha value is -1.53. The van der Waals surface area contributed by atoms with Gasteiger partial charge in [0.15, 0.2) is 0 Å². The molecule has 1 heterocycles. The van der Waals surface area contributed by atoms with Crippen molar-refractivity contribution in [2.45, 2.75) is 26.3 Å². The molecule has 1 aromatic heterocycles. The molecule has 1 saturated carbocycles. The first-order chi connectivity index (χ1) is 9.24. The summed E-state index contributed by atoms with van der Waals surface area (Å²) in [5.74, 6) is 3.12. The van der Waals surface area contributed by atoms with Crippen molar-refractivity contribution in [3.8, 4) is 6.07 Å². The Morgan fingerprint density at radius 2 is 2.32 bits per heavy atom. The van der Waals surface area contributed by atoms with E-state index < -0.39 is 0 Å². The van der Waals surface area contributed by atoms with Gasteiger partial charge in [-0.25, -0.2) is 4.98 Å². The number of rotatable bonds is 4. The smallest absolute Gasteiger partial charge is 0.111 e. The second-order valence-corrected chi connectivity index (χ2v) is 5.71. The maximum atomic E-state index is 9.18. The molecule has 0 saturated heterocycles. The second-order valence-electron chi connectivity index (χ2n) is 5.34. The van der Waals surface area contributed by atoms with E-state index in [0.717, 1.165) is 41.7 Å². The molecule has 1 aliphatic carbocycles. The average Bonchev–Trinajstić information content (AvgIpc) is 2.99. The number of nitriles is 1. The standard InChI is InChI=1S/C15H16ClN3/c1-10-7-12(10)9-19-13-4-2-3-11(8-17)15(13)18-14(19)5-6-16/h2-4,10,12H,5-7,9H2,1H3. The van der Waals surface area contributed by atoms with Gasteiger partial charge in [0, 0.05) is 18.8 Å². The normalized spacial score (nSPS) is 21.5. The molecule has 1 aliphatic rings. The molecule has 2 unspecified atom stereocenters. The molecule has 0 aliphatic heterocycles. The molecular formula is C15H16ClN3. The summed E-state index contributed by atoms with van der Waals surface area (Å²) in [7, 11) is 0. The van der Waals surface area contributed by atoms with E-state index in [-0.39, 0.29) is 0 Å². The highest BCUT2D eigenvalue weighted by molar-refractivity contribution is 6.17. The molecular weight excluding hydrogens is 258 g/mol. The van der Waals surface area contributed by atoms with Gasteiger partial charge >= 0.3 is 0 Å². The minimum absolute atomic E-state index is 0.561. The van der Waals surface area contributed by atoms with Crippen LogP contribution >= 0.6 is 11.6 Å². The maximum Gasteiger partial charge on any atom is 0.111 e. The Morgan fingerprint density at radius 3 is 2.95 bits per heavy atom. The number of alkyl halides is 1. The van der Waals surface area contributed by atoms with Gasteiger partial charge in [0.25, 0.3) is 0 Å². The van der Waals surface area contributed by atoms with Crippen molar-refractivity contribution in [3.05, 3.63) is 29.6 Å². The van der Waals surface area contributed by atoms with E-state index in [2.05, 4.69) is 22.5 Å². The SMILES string of the molecule is CC1CC1Cn1c(CCCl)nc2c(C#N)cccc21. The molecule has 0 radical (unpaired) electrons. The molecule has 1 aromatic carbocycles. The zero-order chi connectivity index (χ0) is 13.4. The van der Waals surface area contributed by atoms with Gasteiger partial charge in [0.2, 0.25) is 0 Å². The van der Waals surface area contributed by atoms with Crippen molar-refractivity contribution < 1.29 is 0 Å². The third kappa shape index (κ3) is 2.21. The molecule has 0 amide bonds. The van der Waals surface area contributed by atoms with Crippen molar-refractivity contribution in [2.75, 3.05) is 5.88 Å². The van der Waals surface area contributed by atoms with Crippen molar-refractivity contribution in [2.24, 2.45) is 11.8 Å². The zero-order valence-corrected chi connectivity index (χ0v) is 11.7. The highest BCUT2D eigenvalue weighted by atomic mass is 35.5. The minimum atomic E-state index is 0.561. The van der Waals surface area contributed by atoms with Crippen LogP contribution in [-0.4, -0.2) is 15.4 Å². The van der Waals surface area contributed by atoms with E-state index in [1.165, 1.54) is 6.42 Å². The quantitative estimate of drug-likeness (QED) is 0.802. The number of nitrogens with zero attached hydrogens (tertiary/aromatic N) is 3. The third-order valence-corrected chi connectivity index (χ3v) is 4.18. The Morgan fingerprint density at radius 1 is 1.53 bits per heavy atom. The van der Waals surface area contributed by atoms with Gasteiger partial charge in [-0.05, 0) is 30.4 Å². The number of aryl methyl sites for hydroxylation is 1. The third-order valence-electron chi connectivity index (χ3n) is 3.99. The van der Waals surface area contributed by atoms with Crippen molar-refractivity contribution >= 4 is 22.6 Å². The summed E-state index contributed by atoms with van der Waals surface area (Å²) in [5, 5.41) is 9.18. The summed E-state index contributed by atoms with van der Waals surface area (Å²) in [6.07, 6.45) is 2.04. The fraction of sp³-hybridized carbons (Fsp3) is 0.467. The van der Waals surface area contributed by atoms with Gasteiger partial charge in [-0.2, -0.15) is 5.26 Å². The average molecular weight is 274 g/mol. The monoisotopic (exact) mass is 273 g/mol. The van der Waals surface area contributed by atoms with Gasteiger partial charge in [-0.3, -0.25) is 0 Å². The van der Waals surface area contributed by atoms with Crippen LogP contribution in [0.25, 0.3) is 11.0 Å². The fourth-order valence-electron chi connectivity index (χ4n) is 2.65. The molecule has 98 valence electrons. The minimum Gasteiger partial charge on any atom is -0.328 e. The number of aromatic nitrogens is 2. The van der Waals surface area contributed by atoms with Gasteiger partial charge in [-0.15, -0.1) is 11.6 Å². The lowest BCUT2D eigenvalue weighted by Gasteiger charge is -2.07. The molecule has 3 nitrogen and oxygen atoms in total. The van der Waals surface area contributed by atoms with Crippen LogP contribution in [0.5, 0.6) is 0 Å². The van der Waals surface area contributed by atoms with Crippen LogP contribution in [0.3, 0.4) is 0 Å². The van der Waals surface area contributed by atoms with E-state index in [0.29, 0.717) is 11.4 Å². The van der Waals surface area contributed by atoms with Crippen LogP contribution < -0.4 is 0 Å². The van der Waals surface area contributed by atoms with Gasteiger partial charge in [0.05, 0.1) is 11.1 Å². The first-order valence-electron chi connectivity index (χ1n) is 6.68. The summed E-state index contributed by atoms with van der Waals surface area (Å²) in [6.45, 7) is 3.28. The summed E-state index contributed by atoms with van der Waals surface area (Å²) in [5.41, 5.74) is 2.53. The Labute approximate surface area is 117 Å². The summed E-state index contributed by atoms with van der Waals surface area (Å²) in [6, 6.07) is 8.02. The van der Waals surface area contributed by atoms with E-state index in [4.69, 9.17) is 11.6 Å². The Balaban J connectivity index is 2.10. The van der Waals surface area contributed by atoms with E-state index >= 15 is 0 Å². The number of halogens is 1. The molecule has 1 fully saturated rings. The van der Waals surface area contributed by atoms with E-state index in [1.807, 2.05) is 18.2 Å². The van der Waals surface area contributed by atoms with E-state index in [9.17, 15) is 5.26 Å². The highest BCUT2D eigenvalue weighted by Gasteiger charge is 2.33. The predicted molar refractivity (Wildman–Crippen MR) is 76.1 cm³/mol. The second kappa shape index (κ2) is 4.86. The molecule has 2 aromatic rings. The van der Waals surface area contributed by atoms with Gasteiger partial charge in [-0.1, -0.05) is 13.0 Å². The molecule has 0 spiro atoms. The molecule has 2 atom stereocenters. The highest BCUT2D eigenvalue weighted by Crippen LogP contribution is 2.40. The first-order valence-corrected chi connectivity index (χ1v) is 7.22. The molecule has 19 heavy (non-hydrogen) atoms. The first kappa shape index (κ1) is 12.5. The van der Waals surface area contributed by atoms with Crippen LogP contribution in [-0.2, 0) is 13.0 Å². The summed E-state index contributed by atoms with van der Waals surface area (Å²) in [4.78, 5) is 4.64. The molecule has 3 rings (SSSR count).